The van der Waals surface area contributed by atoms with Crippen molar-refractivity contribution in [3.63, 3.8) is 0 Å². The molecule has 1 aliphatic rings. The summed E-state index contributed by atoms with van der Waals surface area (Å²) in [4.78, 5) is 39.5. The first-order valence-electron chi connectivity index (χ1n) is 7.98. The summed E-state index contributed by atoms with van der Waals surface area (Å²) in [6.45, 7) is 8.59. The molecule has 1 aliphatic heterocycles. The fourth-order valence-corrected chi connectivity index (χ4v) is 2.46. The molecule has 0 aromatic rings. The smallest absolute Gasteiger partial charge is 0.307 e. The Morgan fingerprint density at radius 2 is 2.00 bits per heavy atom. The van der Waals surface area contributed by atoms with Crippen LogP contribution in [-0.4, -0.2) is 73.0 Å². The lowest BCUT2D eigenvalue weighted by atomic mass is 10.1. The van der Waals surface area contributed by atoms with Crippen LogP contribution in [0.2, 0.25) is 0 Å². The standard InChI is InChI=1S/C15H27N3O4/c1-4-9-22-14(20)10-12-15(21)16-7-8-18(12)11-13(19)17(5-2)6-3/h12H,4-11H2,1-3H3,(H,16,21). The Labute approximate surface area is 132 Å². The highest BCUT2D eigenvalue weighted by atomic mass is 16.5. The van der Waals surface area contributed by atoms with E-state index in [0.717, 1.165) is 6.42 Å². The number of hydrogen-bond acceptors (Lipinski definition) is 5. The van der Waals surface area contributed by atoms with E-state index in [9.17, 15) is 14.4 Å². The van der Waals surface area contributed by atoms with Crippen LogP contribution >= 0.6 is 0 Å². The molecule has 2 amide bonds. The number of ether oxygens (including phenoxy) is 1. The molecule has 1 atom stereocenters. The van der Waals surface area contributed by atoms with Crippen LogP contribution in [0.4, 0.5) is 0 Å². The van der Waals surface area contributed by atoms with Crippen LogP contribution in [0.3, 0.4) is 0 Å². The lowest BCUT2D eigenvalue weighted by molar-refractivity contribution is -0.149. The maximum Gasteiger partial charge on any atom is 0.307 e. The summed E-state index contributed by atoms with van der Waals surface area (Å²) in [5.41, 5.74) is 0. The monoisotopic (exact) mass is 313 g/mol. The quantitative estimate of drug-likeness (QED) is 0.638. The average molecular weight is 313 g/mol. The van der Waals surface area contributed by atoms with E-state index in [-0.39, 0.29) is 24.8 Å². The topological polar surface area (TPSA) is 79.0 Å². The largest absolute Gasteiger partial charge is 0.466 e. The minimum absolute atomic E-state index is 0.0165. The molecule has 0 aliphatic carbocycles. The highest BCUT2D eigenvalue weighted by molar-refractivity contribution is 5.88. The number of esters is 1. The van der Waals surface area contributed by atoms with E-state index in [1.165, 1.54) is 0 Å². The number of likely N-dealkylation sites (N-methyl/N-ethyl adjacent to an activating group) is 1. The third-order valence-corrected chi connectivity index (χ3v) is 3.72. The van der Waals surface area contributed by atoms with Gasteiger partial charge >= 0.3 is 5.97 Å². The van der Waals surface area contributed by atoms with E-state index in [4.69, 9.17) is 4.74 Å². The molecule has 0 bridgehead atoms. The summed E-state index contributed by atoms with van der Waals surface area (Å²) < 4.78 is 5.04. The molecule has 0 aromatic carbocycles. The minimum atomic E-state index is -0.627. The first kappa shape index (κ1) is 18.4. The van der Waals surface area contributed by atoms with Gasteiger partial charge in [-0.3, -0.25) is 19.3 Å². The first-order chi connectivity index (χ1) is 10.5. The molecule has 22 heavy (non-hydrogen) atoms. The number of amides is 2. The van der Waals surface area contributed by atoms with Crippen molar-refractivity contribution in [3.05, 3.63) is 0 Å². The minimum Gasteiger partial charge on any atom is -0.466 e. The molecule has 126 valence electrons. The van der Waals surface area contributed by atoms with Gasteiger partial charge in [-0.2, -0.15) is 0 Å². The molecular weight excluding hydrogens is 286 g/mol. The molecule has 1 N–H and O–H groups in total. The van der Waals surface area contributed by atoms with Crippen LogP contribution < -0.4 is 5.32 Å². The van der Waals surface area contributed by atoms with Crippen LogP contribution in [0.25, 0.3) is 0 Å². The Balaban J connectivity index is 2.66. The predicted octanol–water partition coefficient (Wildman–Crippen LogP) is -0.00150. The molecule has 1 rings (SSSR count). The van der Waals surface area contributed by atoms with Gasteiger partial charge in [0.25, 0.3) is 0 Å². The zero-order valence-corrected chi connectivity index (χ0v) is 13.8. The van der Waals surface area contributed by atoms with Gasteiger partial charge in [0.05, 0.1) is 19.6 Å². The summed E-state index contributed by atoms with van der Waals surface area (Å²) in [5.74, 6) is -0.636. The lowest BCUT2D eigenvalue weighted by Crippen LogP contribution is -2.58. The normalized spacial score (nSPS) is 18.7. The fourth-order valence-electron chi connectivity index (χ4n) is 2.46. The Hall–Kier alpha value is -1.63. The van der Waals surface area contributed by atoms with Gasteiger partial charge in [0.15, 0.2) is 0 Å². The van der Waals surface area contributed by atoms with Crippen molar-refractivity contribution < 1.29 is 19.1 Å². The summed E-state index contributed by atoms with van der Waals surface area (Å²) in [5, 5.41) is 2.74. The van der Waals surface area contributed by atoms with Crippen LogP contribution in [-0.2, 0) is 19.1 Å². The molecule has 0 aromatic heterocycles. The van der Waals surface area contributed by atoms with Crippen LogP contribution in [0.1, 0.15) is 33.6 Å². The van der Waals surface area contributed by atoms with Gasteiger partial charge in [-0.15, -0.1) is 0 Å². The third kappa shape index (κ3) is 5.29. The molecule has 7 nitrogen and oxygen atoms in total. The number of carbonyl (C=O) groups is 3. The fraction of sp³-hybridized carbons (Fsp3) is 0.800. The lowest BCUT2D eigenvalue weighted by Gasteiger charge is -2.35. The van der Waals surface area contributed by atoms with E-state index in [1.807, 2.05) is 20.8 Å². The predicted molar refractivity (Wildman–Crippen MR) is 82.2 cm³/mol. The number of nitrogens with zero attached hydrogens (tertiary/aromatic N) is 2. The van der Waals surface area contributed by atoms with E-state index < -0.39 is 12.0 Å². The zero-order valence-electron chi connectivity index (χ0n) is 13.8. The summed E-state index contributed by atoms with van der Waals surface area (Å²) in [6, 6.07) is -0.627. The van der Waals surface area contributed by atoms with Gasteiger partial charge in [-0.05, 0) is 20.3 Å². The molecule has 0 radical (unpaired) electrons. The van der Waals surface area contributed by atoms with Crippen LogP contribution in [0.15, 0.2) is 0 Å². The van der Waals surface area contributed by atoms with Crippen LogP contribution in [0.5, 0.6) is 0 Å². The molecule has 1 saturated heterocycles. The third-order valence-electron chi connectivity index (χ3n) is 3.72. The molecule has 1 fully saturated rings. The Kier molecular flexibility index (Phi) is 7.87. The maximum atomic E-state index is 12.2. The maximum absolute atomic E-state index is 12.2. The average Bonchev–Trinajstić information content (AvgIpc) is 2.50. The molecule has 7 heteroatoms. The van der Waals surface area contributed by atoms with Crippen molar-refractivity contribution in [1.82, 2.24) is 15.1 Å². The summed E-state index contributed by atoms with van der Waals surface area (Å²) >= 11 is 0. The van der Waals surface area contributed by atoms with E-state index in [0.29, 0.717) is 32.8 Å². The number of carbonyl (C=O) groups excluding carboxylic acids is 3. The number of rotatable bonds is 8. The van der Waals surface area contributed by atoms with Crippen molar-refractivity contribution in [2.45, 2.75) is 39.7 Å². The van der Waals surface area contributed by atoms with E-state index in [1.54, 1.807) is 9.80 Å². The number of nitrogens with one attached hydrogen (secondary N) is 1. The summed E-state index contributed by atoms with van der Waals surface area (Å²) in [6.07, 6.45) is 0.726. The second-order valence-electron chi connectivity index (χ2n) is 5.27. The van der Waals surface area contributed by atoms with Gasteiger partial charge in [-0.1, -0.05) is 6.92 Å². The zero-order chi connectivity index (χ0) is 16.5. The van der Waals surface area contributed by atoms with E-state index >= 15 is 0 Å². The van der Waals surface area contributed by atoms with Crippen molar-refractivity contribution in [1.29, 1.82) is 0 Å². The van der Waals surface area contributed by atoms with Crippen molar-refractivity contribution >= 4 is 17.8 Å². The van der Waals surface area contributed by atoms with Crippen molar-refractivity contribution in [2.24, 2.45) is 0 Å². The van der Waals surface area contributed by atoms with Gasteiger partial charge in [0.2, 0.25) is 11.8 Å². The first-order valence-corrected chi connectivity index (χ1v) is 7.98. The van der Waals surface area contributed by atoms with Crippen molar-refractivity contribution in [3.8, 4) is 0 Å². The van der Waals surface area contributed by atoms with Crippen molar-refractivity contribution in [2.75, 3.05) is 39.3 Å². The molecule has 1 unspecified atom stereocenters. The second kappa shape index (κ2) is 9.40. The van der Waals surface area contributed by atoms with Gasteiger partial charge < -0.3 is 15.0 Å². The molecule has 1 heterocycles. The number of piperazine rings is 1. The molecule has 0 spiro atoms. The summed E-state index contributed by atoms with van der Waals surface area (Å²) in [7, 11) is 0. The Morgan fingerprint density at radius 1 is 1.32 bits per heavy atom. The van der Waals surface area contributed by atoms with Gasteiger partial charge in [0.1, 0.15) is 6.04 Å². The van der Waals surface area contributed by atoms with Gasteiger partial charge in [-0.25, -0.2) is 0 Å². The van der Waals surface area contributed by atoms with Gasteiger partial charge in [0, 0.05) is 26.2 Å². The second-order valence-corrected chi connectivity index (χ2v) is 5.27. The van der Waals surface area contributed by atoms with Crippen LogP contribution in [0, 0.1) is 0 Å². The molecular formula is C15H27N3O4. The molecule has 0 saturated carbocycles. The Morgan fingerprint density at radius 3 is 2.59 bits per heavy atom. The highest BCUT2D eigenvalue weighted by Crippen LogP contribution is 2.10. The Bertz CT molecular complexity index is 396. The SMILES string of the molecule is CCCOC(=O)CC1C(=O)NCCN1CC(=O)N(CC)CC. The highest BCUT2D eigenvalue weighted by Gasteiger charge is 2.33. The number of hydrogen-bond donors (Lipinski definition) is 1. The van der Waals surface area contributed by atoms with E-state index in [2.05, 4.69) is 5.32 Å².